The summed E-state index contributed by atoms with van der Waals surface area (Å²) in [6.07, 6.45) is 0. The second-order valence-electron chi connectivity index (χ2n) is 1.61. The fraction of sp³-hybridized carbons (Fsp3) is 0.143. The van der Waals surface area contributed by atoms with Gasteiger partial charge in [0, 0.05) is 0 Å². The molecule has 0 saturated heterocycles. The Balaban J connectivity index is 2.81. The quantitative estimate of drug-likeness (QED) is 0.614. The molecule has 0 bridgehead atoms. The molecule has 0 aliphatic carbocycles. The number of ether oxygens (including phenoxy) is 1. The molecular weight excluding hydrogens is 138 g/mol. The van der Waals surface area contributed by atoms with Gasteiger partial charge in [-0.2, -0.15) is 0 Å². The molecule has 0 heterocycles. The minimum Gasteiger partial charge on any atom is -0.460 e. The Morgan fingerprint density at radius 3 is 3.00 bits per heavy atom. The van der Waals surface area contributed by atoms with Crippen LogP contribution in [0, 0.1) is 11.9 Å². The average Bonchev–Trinajstić information content (AvgIpc) is 1.94. The Bertz CT molecular complexity index is 213. The number of halogens is 2. The Morgan fingerprint density at radius 1 is 1.60 bits per heavy atom. The molecule has 53 valence electrons. The van der Waals surface area contributed by atoms with Gasteiger partial charge >= 0.3 is 0 Å². The monoisotopic (exact) mass is 143 g/mol. The molecule has 0 aliphatic rings. The van der Waals surface area contributed by atoms with Crippen molar-refractivity contribution in [2.45, 2.75) is 0 Å². The molecule has 0 fully saturated rings. The maximum absolute atomic E-state index is 12.5. The van der Waals surface area contributed by atoms with Crippen LogP contribution in [0.2, 0.25) is 0 Å². The molecule has 1 nitrogen and oxygen atoms in total. The van der Waals surface area contributed by atoms with Crippen LogP contribution in [0.3, 0.4) is 0 Å². The Kier molecular flexibility index (Phi) is 2.20. The van der Waals surface area contributed by atoms with E-state index in [0.29, 0.717) is 0 Å². The zero-order valence-corrected chi connectivity index (χ0v) is 5.10. The first-order chi connectivity index (χ1) is 4.84. The first-order valence-corrected chi connectivity index (χ1v) is 2.69. The number of alkyl halides is 1. The van der Waals surface area contributed by atoms with Crippen LogP contribution in [-0.4, -0.2) is 6.86 Å². The van der Waals surface area contributed by atoms with Gasteiger partial charge in [0.15, 0.2) is 11.6 Å². The van der Waals surface area contributed by atoms with E-state index < -0.39 is 12.7 Å². The number of hydrogen-bond acceptors (Lipinski definition) is 1. The van der Waals surface area contributed by atoms with Gasteiger partial charge in [0.25, 0.3) is 0 Å². The number of hydrogen-bond donors (Lipinski definition) is 0. The molecule has 0 unspecified atom stereocenters. The normalized spacial score (nSPS) is 9.40. The van der Waals surface area contributed by atoms with E-state index in [2.05, 4.69) is 10.8 Å². The van der Waals surface area contributed by atoms with Crippen molar-refractivity contribution in [3.63, 3.8) is 0 Å². The van der Waals surface area contributed by atoms with Gasteiger partial charge in [0.1, 0.15) is 0 Å². The molecular formula is C7H5F2O. The van der Waals surface area contributed by atoms with Gasteiger partial charge in [-0.15, -0.1) is 0 Å². The summed E-state index contributed by atoms with van der Waals surface area (Å²) in [6, 6.07) is 6.34. The van der Waals surface area contributed by atoms with E-state index in [4.69, 9.17) is 0 Å². The highest BCUT2D eigenvalue weighted by Gasteiger charge is 1.98. The average molecular weight is 143 g/mol. The first-order valence-electron chi connectivity index (χ1n) is 2.69. The molecule has 0 N–H and O–H groups in total. The summed E-state index contributed by atoms with van der Waals surface area (Å²) in [5.74, 6) is -0.679. The van der Waals surface area contributed by atoms with E-state index in [1.807, 2.05) is 0 Å². The third-order valence-electron chi connectivity index (χ3n) is 0.986. The van der Waals surface area contributed by atoms with Crippen molar-refractivity contribution < 1.29 is 13.5 Å². The SMILES string of the molecule is FCOc1cc[c]cc1F. The van der Waals surface area contributed by atoms with E-state index in [1.54, 1.807) is 0 Å². The van der Waals surface area contributed by atoms with Crippen molar-refractivity contribution >= 4 is 0 Å². The molecule has 1 aromatic rings. The molecule has 10 heavy (non-hydrogen) atoms. The third kappa shape index (κ3) is 1.43. The lowest BCUT2D eigenvalue weighted by Crippen LogP contribution is -1.92. The lowest BCUT2D eigenvalue weighted by Gasteiger charge is -1.99. The predicted octanol–water partition coefficient (Wildman–Crippen LogP) is 1.93. The van der Waals surface area contributed by atoms with Gasteiger partial charge in [-0.3, -0.25) is 0 Å². The minimum atomic E-state index is -1.01. The summed E-state index contributed by atoms with van der Waals surface area (Å²) < 4.78 is 28.2. The van der Waals surface area contributed by atoms with Crippen LogP contribution in [0.4, 0.5) is 8.78 Å². The Hall–Kier alpha value is -1.12. The summed E-state index contributed by atoms with van der Waals surface area (Å²) in [4.78, 5) is 0. The van der Waals surface area contributed by atoms with Crippen LogP contribution in [0.25, 0.3) is 0 Å². The van der Waals surface area contributed by atoms with Gasteiger partial charge in [0.2, 0.25) is 6.86 Å². The maximum atomic E-state index is 12.5. The van der Waals surface area contributed by atoms with Crippen LogP contribution < -0.4 is 4.74 Å². The number of benzene rings is 1. The second kappa shape index (κ2) is 3.15. The summed E-state index contributed by atoms with van der Waals surface area (Å²) in [7, 11) is 0. The summed E-state index contributed by atoms with van der Waals surface area (Å²) >= 11 is 0. The van der Waals surface area contributed by atoms with Crippen LogP contribution in [0.5, 0.6) is 5.75 Å². The number of rotatable bonds is 2. The van der Waals surface area contributed by atoms with Crippen molar-refractivity contribution in [1.29, 1.82) is 0 Å². The zero-order valence-electron chi connectivity index (χ0n) is 5.10. The fourth-order valence-corrected chi connectivity index (χ4v) is 0.572. The zero-order chi connectivity index (χ0) is 7.40. The maximum Gasteiger partial charge on any atom is 0.228 e. The van der Waals surface area contributed by atoms with Gasteiger partial charge in [-0.25, -0.2) is 8.78 Å². The fourth-order valence-electron chi connectivity index (χ4n) is 0.572. The molecule has 0 saturated carbocycles. The minimum absolute atomic E-state index is 0.0822. The first kappa shape index (κ1) is 6.99. The molecule has 1 aromatic carbocycles. The highest BCUT2D eigenvalue weighted by Crippen LogP contribution is 2.14. The van der Waals surface area contributed by atoms with Gasteiger partial charge in [-0.1, -0.05) is 6.07 Å². The standard InChI is InChI=1S/C7H5F2O/c8-5-10-7-4-2-1-3-6(7)9/h2-4H,5H2. The molecule has 0 atom stereocenters. The van der Waals surface area contributed by atoms with Crippen LogP contribution in [-0.2, 0) is 0 Å². The largest absolute Gasteiger partial charge is 0.460 e. The van der Waals surface area contributed by atoms with E-state index >= 15 is 0 Å². The van der Waals surface area contributed by atoms with Gasteiger partial charge in [0.05, 0.1) is 0 Å². The third-order valence-corrected chi connectivity index (χ3v) is 0.986. The van der Waals surface area contributed by atoms with Crippen LogP contribution in [0.15, 0.2) is 18.2 Å². The summed E-state index contributed by atoms with van der Waals surface area (Å²) in [5, 5.41) is 0. The van der Waals surface area contributed by atoms with Gasteiger partial charge < -0.3 is 4.74 Å². The van der Waals surface area contributed by atoms with Crippen molar-refractivity contribution in [3.05, 3.63) is 30.1 Å². The van der Waals surface area contributed by atoms with E-state index in [9.17, 15) is 8.78 Å². The van der Waals surface area contributed by atoms with Crippen LogP contribution in [0.1, 0.15) is 0 Å². The molecule has 0 aromatic heterocycles. The van der Waals surface area contributed by atoms with Gasteiger partial charge in [-0.05, 0) is 18.2 Å². The van der Waals surface area contributed by atoms with Crippen molar-refractivity contribution in [2.24, 2.45) is 0 Å². The topological polar surface area (TPSA) is 9.23 Å². The van der Waals surface area contributed by atoms with Crippen molar-refractivity contribution in [1.82, 2.24) is 0 Å². The second-order valence-corrected chi connectivity index (χ2v) is 1.61. The molecule has 0 spiro atoms. The Labute approximate surface area is 57.2 Å². The van der Waals surface area contributed by atoms with Crippen LogP contribution >= 0.6 is 0 Å². The van der Waals surface area contributed by atoms with Crippen molar-refractivity contribution in [3.8, 4) is 5.75 Å². The molecule has 3 heteroatoms. The van der Waals surface area contributed by atoms with Crippen molar-refractivity contribution in [2.75, 3.05) is 6.86 Å². The Morgan fingerprint density at radius 2 is 2.40 bits per heavy atom. The van der Waals surface area contributed by atoms with E-state index in [0.717, 1.165) is 6.07 Å². The molecule has 0 aliphatic heterocycles. The lowest BCUT2D eigenvalue weighted by atomic mass is 10.3. The predicted molar refractivity (Wildman–Crippen MR) is 31.8 cm³/mol. The smallest absolute Gasteiger partial charge is 0.228 e. The van der Waals surface area contributed by atoms with E-state index in [-0.39, 0.29) is 5.75 Å². The van der Waals surface area contributed by atoms with E-state index in [1.165, 1.54) is 12.1 Å². The summed E-state index contributed by atoms with van der Waals surface area (Å²) in [6.45, 7) is -1.01. The summed E-state index contributed by atoms with van der Waals surface area (Å²) in [5.41, 5.74) is 0. The molecule has 0 amide bonds. The highest BCUT2D eigenvalue weighted by atomic mass is 19.1. The molecule has 1 rings (SSSR count). The molecule has 1 radical (unpaired) electrons. The highest BCUT2D eigenvalue weighted by molar-refractivity contribution is 5.22. The lowest BCUT2D eigenvalue weighted by molar-refractivity contribution is 0.184.